The van der Waals surface area contributed by atoms with E-state index in [9.17, 15) is 9.59 Å². The summed E-state index contributed by atoms with van der Waals surface area (Å²) in [4.78, 5) is 32.2. The van der Waals surface area contributed by atoms with E-state index in [-0.39, 0.29) is 42.2 Å². The number of imidazole rings is 1. The molecular formula is C24H30N4O3. The fraction of sp³-hybridized carbons (Fsp3) is 0.458. The fourth-order valence-electron chi connectivity index (χ4n) is 4.32. The van der Waals surface area contributed by atoms with Crippen molar-refractivity contribution in [1.29, 1.82) is 0 Å². The van der Waals surface area contributed by atoms with Crippen LogP contribution in [0.3, 0.4) is 0 Å². The molecule has 0 saturated carbocycles. The van der Waals surface area contributed by atoms with Crippen molar-refractivity contribution >= 4 is 22.8 Å². The lowest BCUT2D eigenvalue weighted by Crippen LogP contribution is -2.38. The maximum absolute atomic E-state index is 13.2. The first kappa shape index (κ1) is 21.2. The van der Waals surface area contributed by atoms with Crippen molar-refractivity contribution in [2.75, 3.05) is 6.54 Å². The molecule has 1 aliphatic rings. The van der Waals surface area contributed by atoms with Gasteiger partial charge in [0.15, 0.2) is 0 Å². The lowest BCUT2D eigenvalue weighted by atomic mass is 10.0. The van der Waals surface area contributed by atoms with E-state index in [1.54, 1.807) is 17.2 Å². The molecule has 2 amide bonds. The van der Waals surface area contributed by atoms with Crippen molar-refractivity contribution in [3.05, 3.63) is 54.2 Å². The summed E-state index contributed by atoms with van der Waals surface area (Å²) in [6.45, 7) is 9.21. The Hall–Kier alpha value is -3.09. The van der Waals surface area contributed by atoms with Crippen LogP contribution in [0.5, 0.6) is 0 Å². The van der Waals surface area contributed by atoms with E-state index in [4.69, 9.17) is 9.40 Å². The number of nitrogens with zero attached hydrogens (tertiary/aromatic N) is 3. The van der Waals surface area contributed by atoms with Crippen LogP contribution in [0.25, 0.3) is 11.0 Å². The van der Waals surface area contributed by atoms with E-state index in [0.717, 1.165) is 22.6 Å². The summed E-state index contributed by atoms with van der Waals surface area (Å²) in [5, 5.41) is 3.21. The Morgan fingerprint density at radius 3 is 2.65 bits per heavy atom. The van der Waals surface area contributed by atoms with Gasteiger partial charge in [0.05, 0.1) is 35.8 Å². The minimum Gasteiger partial charge on any atom is -0.467 e. The molecule has 7 nitrogen and oxygen atoms in total. The van der Waals surface area contributed by atoms with Crippen LogP contribution in [-0.4, -0.2) is 32.8 Å². The van der Waals surface area contributed by atoms with E-state index in [2.05, 4.69) is 43.6 Å². The number of hydrogen-bond donors (Lipinski definition) is 1. The second kappa shape index (κ2) is 8.57. The molecule has 2 atom stereocenters. The first-order chi connectivity index (χ1) is 14.8. The van der Waals surface area contributed by atoms with Gasteiger partial charge in [-0.2, -0.15) is 0 Å². The number of carbonyl (C=O) groups excluding carboxylic acids is 2. The first-order valence-electron chi connectivity index (χ1n) is 10.9. The number of benzene rings is 1. The van der Waals surface area contributed by atoms with E-state index in [1.165, 1.54) is 0 Å². The number of furan rings is 1. The molecule has 3 aromatic rings. The van der Waals surface area contributed by atoms with Crippen molar-refractivity contribution < 1.29 is 14.0 Å². The number of aromatic nitrogens is 2. The van der Waals surface area contributed by atoms with Crippen molar-refractivity contribution in [3.63, 3.8) is 0 Å². The maximum Gasteiger partial charge on any atom is 0.226 e. The third-order valence-electron chi connectivity index (χ3n) is 5.89. The highest BCUT2D eigenvalue weighted by atomic mass is 16.3. The third-order valence-corrected chi connectivity index (χ3v) is 5.89. The zero-order valence-electron chi connectivity index (χ0n) is 18.5. The van der Waals surface area contributed by atoms with Gasteiger partial charge in [-0.15, -0.1) is 0 Å². The van der Waals surface area contributed by atoms with Crippen molar-refractivity contribution in [1.82, 2.24) is 19.8 Å². The van der Waals surface area contributed by atoms with Crippen molar-refractivity contribution in [3.8, 4) is 0 Å². The van der Waals surface area contributed by atoms with Crippen molar-refractivity contribution in [2.24, 2.45) is 11.8 Å². The van der Waals surface area contributed by atoms with Gasteiger partial charge in [-0.05, 0) is 44.0 Å². The quantitative estimate of drug-likeness (QED) is 0.622. The van der Waals surface area contributed by atoms with Crippen LogP contribution < -0.4 is 5.32 Å². The van der Waals surface area contributed by atoms with E-state index in [0.29, 0.717) is 13.1 Å². The van der Waals surface area contributed by atoms with Crippen LogP contribution >= 0.6 is 0 Å². The summed E-state index contributed by atoms with van der Waals surface area (Å²) < 4.78 is 7.55. The molecular weight excluding hydrogens is 392 g/mol. The standard InChI is InChI=1S/C24H30N4O3/c1-15(2)22(23-25-19-9-5-6-10-20(19)28(23)16(3)4)26-24(30)17-12-21(29)27(13-17)14-18-8-7-11-31-18/h5-11,15-17,22H,12-14H2,1-4H3,(H,26,30)/t17?,22-/m0/s1. The van der Waals surface area contributed by atoms with Crippen LogP contribution in [0.2, 0.25) is 0 Å². The van der Waals surface area contributed by atoms with E-state index in [1.807, 2.05) is 24.3 Å². The summed E-state index contributed by atoms with van der Waals surface area (Å²) in [6, 6.07) is 11.7. The number of rotatable bonds is 7. The van der Waals surface area contributed by atoms with Crippen LogP contribution in [0.4, 0.5) is 0 Å². The Kier molecular flexibility index (Phi) is 5.85. The SMILES string of the molecule is CC(C)[C@H](NC(=O)C1CC(=O)N(Cc2ccco2)C1)c1nc2ccccc2n1C(C)C. The van der Waals surface area contributed by atoms with Crippen molar-refractivity contribution in [2.45, 2.75) is 52.7 Å². The van der Waals surface area contributed by atoms with Gasteiger partial charge in [-0.25, -0.2) is 4.98 Å². The molecule has 1 saturated heterocycles. The highest BCUT2D eigenvalue weighted by Crippen LogP contribution is 2.30. The summed E-state index contributed by atoms with van der Waals surface area (Å²) in [5.41, 5.74) is 1.99. The lowest BCUT2D eigenvalue weighted by Gasteiger charge is -2.26. The molecule has 7 heteroatoms. The van der Waals surface area contributed by atoms with Gasteiger partial charge in [0.25, 0.3) is 0 Å². The number of amides is 2. The van der Waals surface area contributed by atoms with E-state index >= 15 is 0 Å². The van der Waals surface area contributed by atoms with Crippen LogP contribution in [0.1, 0.15) is 57.8 Å². The largest absolute Gasteiger partial charge is 0.467 e. The predicted molar refractivity (Wildman–Crippen MR) is 118 cm³/mol. The summed E-state index contributed by atoms with van der Waals surface area (Å²) in [7, 11) is 0. The Bertz CT molecular complexity index is 1070. The zero-order chi connectivity index (χ0) is 22.1. The Labute approximate surface area is 182 Å². The molecule has 1 aliphatic heterocycles. The fourth-order valence-corrected chi connectivity index (χ4v) is 4.32. The Morgan fingerprint density at radius 1 is 1.19 bits per heavy atom. The summed E-state index contributed by atoms with van der Waals surface area (Å²) in [5.74, 6) is 1.23. The van der Waals surface area contributed by atoms with Gasteiger partial charge in [-0.3, -0.25) is 9.59 Å². The molecule has 3 heterocycles. The van der Waals surface area contributed by atoms with E-state index < -0.39 is 0 Å². The Morgan fingerprint density at radius 2 is 1.97 bits per heavy atom. The van der Waals surface area contributed by atoms with Gasteiger partial charge < -0.3 is 19.2 Å². The number of likely N-dealkylation sites (tertiary alicyclic amines) is 1. The number of nitrogens with one attached hydrogen (secondary N) is 1. The molecule has 1 unspecified atom stereocenters. The molecule has 0 bridgehead atoms. The van der Waals surface area contributed by atoms with Crippen LogP contribution in [0, 0.1) is 11.8 Å². The molecule has 1 aromatic carbocycles. The number of fused-ring (bicyclic) bond motifs is 1. The van der Waals surface area contributed by atoms with Gasteiger partial charge in [0, 0.05) is 19.0 Å². The average molecular weight is 423 g/mol. The van der Waals surface area contributed by atoms with Gasteiger partial charge in [0.1, 0.15) is 11.6 Å². The van der Waals surface area contributed by atoms with Gasteiger partial charge >= 0.3 is 0 Å². The molecule has 4 rings (SSSR count). The maximum atomic E-state index is 13.2. The smallest absolute Gasteiger partial charge is 0.226 e. The van der Waals surface area contributed by atoms with Gasteiger partial charge in [0.2, 0.25) is 11.8 Å². The molecule has 2 aromatic heterocycles. The zero-order valence-corrected chi connectivity index (χ0v) is 18.5. The topological polar surface area (TPSA) is 80.4 Å². The second-order valence-corrected chi connectivity index (χ2v) is 8.91. The third kappa shape index (κ3) is 4.22. The normalized spacial score (nSPS) is 17.8. The monoisotopic (exact) mass is 422 g/mol. The number of hydrogen-bond acceptors (Lipinski definition) is 4. The number of carbonyl (C=O) groups is 2. The molecule has 0 radical (unpaired) electrons. The van der Waals surface area contributed by atoms with Gasteiger partial charge in [-0.1, -0.05) is 26.0 Å². The minimum atomic E-state index is -0.374. The summed E-state index contributed by atoms with van der Waals surface area (Å²) in [6.07, 6.45) is 1.81. The lowest BCUT2D eigenvalue weighted by molar-refractivity contribution is -0.129. The highest BCUT2D eigenvalue weighted by Gasteiger charge is 2.36. The first-order valence-corrected chi connectivity index (χ1v) is 10.9. The molecule has 164 valence electrons. The van der Waals surface area contributed by atoms with Crippen LogP contribution in [-0.2, 0) is 16.1 Å². The molecule has 0 spiro atoms. The molecule has 31 heavy (non-hydrogen) atoms. The minimum absolute atomic E-state index is 0.0212. The second-order valence-electron chi connectivity index (χ2n) is 8.91. The highest BCUT2D eigenvalue weighted by molar-refractivity contribution is 5.89. The molecule has 1 fully saturated rings. The molecule has 0 aliphatic carbocycles. The summed E-state index contributed by atoms with van der Waals surface area (Å²) >= 11 is 0. The van der Waals surface area contributed by atoms with Crippen LogP contribution in [0.15, 0.2) is 47.1 Å². The number of para-hydroxylation sites is 2. The molecule has 1 N–H and O–H groups in total. The average Bonchev–Trinajstić information content (AvgIpc) is 3.45. The predicted octanol–water partition coefficient (Wildman–Crippen LogP) is 4.07. The Balaban J connectivity index is 1.54.